The molecule has 0 aliphatic heterocycles. The van der Waals surface area contributed by atoms with Crippen molar-refractivity contribution in [2.24, 2.45) is 0 Å². The molecule has 1 N–H and O–H groups in total. The summed E-state index contributed by atoms with van der Waals surface area (Å²) in [6.45, 7) is -0.113. The average Bonchev–Trinajstić information content (AvgIpc) is 2.70. The van der Waals surface area contributed by atoms with Gasteiger partial charge in [0, 0.05) is 18.4 Å². The van der Waals surface area contributed by atoms with Gasteiger partial charge in [-0.05, 0) is 12.1 Å². The first kappa shape index (κ1) is 12.5. The number of halogens is 3. The number of hydrogen-bond donors (Lipinski definition) is 1. The second-order valence-corrected chi connectivity index (χ2v) is 3.75. The van der Waals surface area contributed by atoms with Crippen LogP contribution in [0.2, 0.25) is 0 Å². The average molecular weight is 257 g/mol. The van der Waals surface area contributed by atoms with Gasteiger partial charge in [-0.25, -0.2) is 0 Å². The molecule has 1 heterocycles. The summed E-state index contributed by atoms with van der Waals surface area (Å²) >= 11 is 0. The van der Waals surface area contributed by atoms with E-state index in [9.17, 15) is 18.0 Å². The third-order valence-electron chi connectivity index (χ3n) is 2.39. The molecule has 1 aromatic heterocycles. The molecule has 0 saturated heterocycles. The number of alkyl halides is 3. The maximum Gasteiger partial charge on any atom is 0.471 e. The van der Waals surface area contributed by atoms with Crippen LogP contribution in [0, 0.1) is 0 Å². The van der Waals surface area contributed by atoms with E-state index in [0.29, 0.717) is 11.3 Å². The SMILES string of the molecule is O=C(NCCc1cc2ccccc2o1)C(F)(F)F. The van der Waals surface area contributed by atoms with E-state index >= 15 is 0 Å². The van der Waals surface area contributed by atoms with Crippen molar-refractivity contribution in [1.82, 2.24) is 5.32 Å². The van der Waals surface area contributed by atoms with Crippen molar-refractivity contribution in [1.29, 1.82) is 0 Å². The molecule has 18 heavy (non-hydrogen) atoms. The Morgan fingerprint density at radius 1 is 1.28 bits per heavy atom. The van der Waals surface area contributed by atoms with Crippen LogP contribution in [0.1, 0.15) is 5.76 Å². The molecule has 3 nitrogen and oxygen atoms in total. The number of carbonyl (C=O) groups is 1. The Hall–Kier alpha value is -1.98. The number of rotatable bonds is 3. The van der Waals surface area contributed by atoms with Crippen molar-refractivity contribution < 1.29 is 22.4 Å². The van der Waals surface area contributed by atoms with Crippen LogP contribution in [-0.4, -0.2) is 18.6 Å². The third-order valence-corrected chi connectivity index (χ3v) is 2.39. The van der Waals surface area contributed by atoms with Gasteiger partial charge in [0.25, 0.3) is 0 Å². The molecular weight excluding hydrogens is 247 g/mol. The van der Waals surface area contributed by atoms with Crippen molar-refractivity contribution in [3.63, 3.8) is 0 Å². The first-order valence-electron chi connectivity index (χ1n) is 5.29. The lowest BCUT2D eigenvalue weighted by atomic mass is 10.2. The highest BCUT2D eigenvalue weighted by atomic mass is 19.4. The summed E-state index contributed by atoms with van der Waals surface area (Å²) in [4.78, 5) is 10.6. The smallest absolute Gasteiger partial charge is 0.461 e. The first-order chi connectivity index (χ1) is 8.47. The lowest BCUT2D eigenvalue weighted by molar-refractivity contribution is -0.173. The summed E-state index contributed by atoms with van der Waals surface area (Å²) in [6.07, 6.45) is -4.62. The van der Waals surface area contributed by atoms with Crippen LogP contribution in [0.15, 0.2) is 34.7 Å². The zero-order chi connectivity index (χ0) is 13.2. The molecule has 0 spiro atoms. The Bertz CT molecular complexity index is 527. The van der Waals surface area contributed by atoms with Gasteiger partial charge in [0.15, 0.2) is 0 Å². The number of nitrogens with one attached hydrogen (secondary N) is 1. The summed E-state index contributed by atoms with van der Waals surface area (Å²) < 4.78 is 41.1. The van der Waals surface area contributed by atoms with Crippen molar-refractivity contribution in [3.8, 4) is 0 Å². The highest BCUT2D eigenvalue weighted by molar-refractivity contribution is 5.81. The topological polar surface area (TPSA) is 42.2 Å². The Kier molecular flexibility index (Phi) is 3.27. The van der Waals surface area contributed by atoms with Gasteiger partial charge < -0.3 is 9.73 Å². The van der Waals surface area contributed by atoms with Crippen LogP contribution in [0.5, 0.6) is 0 Å². The highest BCUT2D eigenvalue weighted by Crippen LogP contribution is 2.19. The van der Waals surface area contributed by atoms with E-state index in [0.717, 1.165) is 5.39 Å². The molecule has 2 aromatic rings. The molecular formula is C12H10F3NO2. The maximum absolute atomic E-state index is 11.9. The number of amides is 1. The Morgan fingerprint density at radius 2 is 2.00 bits per heavy atom. The van der Waals surface area contributed by atoms with Crippen LogP contribution in [0.25, 0.3) is 11.0 Å². The predicted octanol–water partition coefficient (Wildman–Crippen LogP) is 2.65. The van der Waals surface area contributed by atoms with Gasteiger partial charge >= 0.3 is 12.1 Å². The minimum absolute atomic E-state index is 0.113. The lowest BCUT2D eigenvalue weighted by Crippen LogP contribution is -2.37. The van der Waals surface area contributed by atoms with Gasteiger partial charge in [0.05, 0.1) is 0 Å². The molecule has 96 valence electrons. The molecule has 0 saturated carbocycles. The summed E-state index contributed by atoms with van der Waals surface area (Å²) in [5.41, 5.74) is 0.676. The van der Waals surface area contributed by atoms with E-state index in [-0.39, 0.29) is 13.0 Å². The second kappa shape index (κ2) is 4.72. The van der Waals surface area contributed by atoms with Gasteiger partial charge in [0.2, 0.25) is 0 Å². The summed E-state index contributed by atoms with van der Waals surface area (Å²) in [5, 5.41) is 2.68. The normalized spacial score (nSPS) is 11.7. The standard InChI is InChI=1S/C12H10F3NO2/c13-12(14,15)11(17)16-6-5-9-7-8-3-1-2-4-10(8)18-9/h1-4,7H,5-6H2,(H,16,17). The minimum atomic E-state index is -4.84. The fourth-order valence-corrected chi connectivity index (χ4v) is 1.56. The van der Waals surface area contributed by atoms with Crippen LogP contribution >= 0.6 is 0 Å². The van der Waals surface area contributed by atoms with Crippen LogP contribution in [-0.2, 0) is 11.2 Å². The summed E-state index contributed by atoms with van der Waals surface area (Å²) in [7, 11) is 0. The second-order valence-electron chi connectivity index (χ2n) is 3.75. The molecule has 2 rings (SSSR count). The van der Waals surface area contributed by atoms with Gasteiger partial charge in [0.1, 0.15) is 11.3 Å². The first-order valence-corrected chi connectivity index (χ1v) is 5.29. The van der Waals surface area contributed by atoms with Crippen LogP contribution in [0.3, 0.4) is 0 Å². The number of fused-ring (bicyclic) bond motifs is 1. The monoisotopic (exact) mass is 257 g/mol. The predicted molar refractivity (Wildman–Crippen MR) is 59.0 cm³/mol. The number of carbonyl (C=O) groups excluding carboxylic acids is 1. The Morgan fingerprint density at radius 3 is 2.67 bits per heavy atom. The van der Waals surface area contributed by atoms with Gasteiger partial charge in [-0.2, -0.15) is 13.2 Å². The van der Waals surface area contributed by atoms with E-state index in [1.807, 2.05) is 12.1 Å². The maximum atomic E-state index is 11.9. The van der Waals surface area contributed by atoms with E-state index in [1.165, 1.54) is 0 Å². The molecule has 1 aromatic carbocycles. The molecule has 0 aliphatic carbocycles. The number of benzene rings is 1. The third kappa shape index (κ3) is 2.82. The fourth-order valence-electron chi connectivity index (χ4n) is 1.56. The number of furan rings is 1. The van der Waals surface area contributed by atoms with E-state index in [4.69, 9.17) is 4.42 Å². The molecule has 0 fully saturated rings. The van der Waals surface area contributed by atoms with Gasteiger partial charge in [-0.15, -0.1) is 0 Å². The molecule has 0 bridgehead atoms. The number of hydrogen-bond acceptors (Lipinski definition) is 2. The van der Waals surface area contributed by atoms with E-state index < -0.39 is 12.1 Å². The zero-order valence-corrected chi connectivity index (χ0v) is 9.25. The summed E-state index contributed by atoms with van der Waals surface area (Å²) in [5.74, 6) is -1.39. The van der Waals surface area contributed by atoms with E-state index in [2.05, 4.69) is 0 Å². The lowest BCUT2D eigenvalue weighted by Gasteiger charge is -2.06. The van der Waals surface area contributed by atoms with Crippen molar-refractivity contribution in [2.75, 3.05) is 6.54 Å². The van der Waals surface area contributed by atoms with Crippen molar-refractivity contribution >= 4 is 16.9 Å². The quantitative estimate of drug-likeness (QED) is 0.918. The minimum Gasteiger partial charge on any atom is -0.461 e. The molecule has 0 atom stereocenters. The fraction of sp³-hybridized carbons (Fsp3) is 0.250. The Balaban J connectivity index is 1.93. The molecule has 0 unspecified atom stereocenters. The molecule has 1 amide bonds. The summed E-state index contributed by atoms with van der Waals surface area (Å²) in [6, 6.07) is 9.01. The highest BCUT2D eigenvalue weighted by Gasteiger charge is 2.38. The molecule has 6 heteroatoms. The van der Waals surface area contributed by atoms with E-state index in [1.54, 1.807) is 23.5 Å². The van der Waals surface area contributed by atoms with Gasteiger partial charge in [-0.3, -0.25) is 4.79 Å². The zero-order valence-electron chi connectivity index (χ0n) is 9.25. The number of para-hydroxylation sites is 1. The van der Waals surface area contributed by atoms with Gasteiger partial charge in [-0.1, -0.05) is 18.2 Å². The largest absolute Gasteiger partial charge is 0.471 e. The molecule has 0 radical (unpaired) electrons. The van der Waals surface area contributed by atoms with Crippen molar-refractivity contribution in [2.45, 2.75) is 12.6 Å². The van der Waals surface area contributed by atoms with Crippen LogP contribution < -0.4 is 5.32 Å². The van der Waals surface area contributed by atoms with Crippen molar-refractivity contribution in [3.05, 3.63) is 36.1 Å². The molecule has 0 aliphatic rings. The Labute approximate surface area is 101 Å². The van der Waals surface area contributed by atoms with Crippen LogP contribution in [0.4, 0.5) is 13.2 Å².